The van der Waals surface area contributed by atoms with Gasteiger partial charge in [-0.05, 0) is 43.7 Å². The summed E-state index contributed by atoms with van der Waals surface area (Å²) < 4.78 is 11.9. The highest BCUT2D eigenvalue weighted by Gasteiger charge is 2.10. The topological polar surface area (TPSA) is 80.7 Å². The first kappa shape index (κ1) is 26.4. The summed E-state index contributed by atoms with van der Waals surface area (Å²) in [4.78, 5) is 13.5. The zero-order chi connectivity index (χ0) is 22.4. The van der Waals surface area contributed by atoms with Gasteiger partial charge in [-0.15, -0.1) is 24.0 Å². The molecule has 0 fully saturated rings. The number of nitrogens with one attached hydrogen (secondary N) is 2. The molecule has 33 heavy (non-hydrogen) atoms. The van der Waals surface area contributed by atoms with E-state index in [-0.39, 0.29) is 24.0 Å². The summed E-state index contributed by atoms with van der Waals surface area (Å²) >= 11 is 0. The molecule has 8 heteroatoms. The van der Waals surface area contributed by atoms with Gasteiger partial charge in [0.15, 0.2) is 17.5 Å². The first-order valence-corrected chi connectivity index (χ1v) is 11.1. The molecule has 0 saturated carbocycles. The largest absolute Gasteiger partial charge is 0.490 e. The smallest absolute Gasteiger partial charge is 0.224 e. The van der Waals surface area contributed by atoms with Gasteiger partial charge in [0.05, 0.1) is 13.2 Å². The number of ether oxygens (including phenoxy) is 2. The SMILES string of the molecule is CCCOc1ccccc1Oc1ncccc1CN=C(NCC)NCCc1ccccn1.I. The predicted octanol–water partition coefficient (Wildman–Crippen LogP) is 4.97. The number of halogens is 1. The van der Waals surface area contributed by atoms with Crippen molar-refractivity contribution in [2.24, 2.45) is 4.99 Å². The molecule has 3 aromatic rings. The molecule has 0 atom stereocenters. The van der Waals surface area contributed by atoms with E-state index in [4.69, 9.17) is 14.5 Å². The number of pyridine rings is 2. The summed E-state index contributed by atoms with van der Waals surface area (Å²) in [5.74, 6) is 2.61. The van der Waals surface area contributed by atoms with Crippen LogP contribution in [0.1, 0.15) is 31.5 Å². The Kier molecular flexibility index (Phi) is 12.0. The molecule has 2 aromatic heterocycles. The van der Waals surface area contributed by atoms with Gasteiger partial charge in [-0.25, -0.2) is 9.98 Å². The van der Waals surface area contributed by atoms with Crippen molar-refractivity contribution in [2.45, 2.75) is 33.2 Å². The molecule has 0 radical (unpaired) electrons. The molecule has 0 spiro atoms. The van der Waals surface area contributed by atoms with Gasteiger partial charge in [0.25, 0.3) is 0 Å². The van der Waals surface area contributed by atoms with E-state index >= 15 is 0 Å². The Hall–Kier alpha value is -2.88. The minimum absolute atomic E-state index is 0. The first-order chi connectivity index (χ1) is 15.8. The van der Waals surface area contributed by atoms with E-state index in [9.17, 15) is 0 Å². The summed E-state index contributed by atoms with van der Waals surface area (Å²) in [6.45, 7) is 6.69. The lowest BCUT2D eigenvalue weighted by atomic mass is 10.2. The summed E-state index contributed by atoms with van der Waals surface area (Å²) in [5.41, 5.74) is 1.93. The molecule has 176 valence electrons. The molecule has 0 aliphatic rings. The zero-order valence-electron chi connectivity index (χ0n) is 19.2. The van der Waals surface area contributed by atoms with E-state index in [1.54, 1.807) is 6.20 Å². The molecular weight excluding hydrogens is 529 g/mol. The number of guanidine groups is 1. The monoisotopic (exact) mass is 561 g/mol. The highest BCUT2D eigenvalue weighted by molar-refractivity contribution is 14.0. The van der Waals surface area contributed by atoms with Crippen molar-refractivity contribution in [2.75, 3.05) is 19.7 Å². The molecule has 0 unspecified atom stereocenters. The number of hydrogen-bond donors (Lipinski definition) is 2. The molecule has 0 bridgehead atoms. The number of aromatic nitrogens is 2. The molecule has 0 amide bonds. The maximum atomic E-state index is 6.11. The number of hydrogen-bond acceptors (Lipinski definition) is 5. The highest BCUT2D eigenvalue weighted by Crippen LogP contribution is 2.32. The Bertz CT molecular complexity index is 985. The average molecular weight is 561 g/mol. The normalized spacial score (nSPS) is 10.8. The molecule has 0 aliphatic heterocycles. The number of benzene rings is 1. The van der Waals surface area contributed by atoms with E-state index < -0.39 is 0 Å². The van der Waals surface area contributed by atoms with Crippen molar-refractivity contribution in [3.05, 3.63) is 78.2 Å². The standard InChI is InChI=1S/C25H31N5O2.HI/c1-3-18-31-22-12-5-6-13-23(22)32-24-20(10-9-16-28-24)19-30-25(26-4-2)29-17-14-21-11-7-8-15-27-21;/h5-13,15-16H,3-4,14,17-19H2,1-2H3,(H2,26,29,30);1H. The molecule has 7 nitrogen and oxygen atoms in total. The van der Waals surface area contributed by atoms with Gasteiger partial charge in [0, 0.05) is 43.2 Å². The quantitative estimate of drug-likeness (QED) is 0.196. The summed E-state index contributed by atoms with van der Waals surface area (Å²) in [6, 6.07) is 17.4. The lowest BCUT2D eigenvalue weighted by molar-refractivity contribution is 0.300. The van der Waals surface area contributed by atoms with Crippen LogP contribution in [0.15, 0.2) is 72.0 Å². The highest BCUT2D eigenvalue weighted by atomic mass is 127. The van der Waals surface area contributed by atoms with Crippen LogP contribution in [0.2, 0.25) is 0 Å². The van der Waals surface area contributed by atoms with E-state index in [2.05, 4.69) is 27.5 Å². The van der Waals surface area contributed by atoms with Crippen LogP contribution in [0.4, 0.5) is 0 Å². The maximum Gasteiger partial charge on any atom is 0.224 e. The van der Waals surface area contributed by atoms with E-state index in [1.165, 1.54) is 0 Å². The van der Waals surface area contributed by atoms with Crippen molar-refractivity contribution in [3.63, 3.8) is 0 Å². The number of nitrogens with zero attached hydrogens (tertiary/aromatic N) is 3. The lowest BCUT2D eigenvalue weighted by Crippen LogP contribution is -2.38. The van der Waals surface area contributed by atoms with Gasteiger partial charge in [-0.2, -0.15) is 0 Å². The Balaban J connectivity index is 0.00000385. The van der Waals surface area contributed by atoms with Crippen LogP contribution in [0, 0.1) is 0 Å². The second-order valence-electron chi connectivity index (χ2n) is 7.06. The number of aliphatic imine (C=N–C) groups is 1. The Morgan fingerprint density at radius 2 is 1.70 bits per heavy atom. The summed E-state index contributed by atoms with van der Waals surface area (Å²) in [5, 5.41) is 6.64. The van der Waals surface area contributed by atoms with Gasteiger partial charge in [-0.1, -0.05) is 31.2 Å². The second kappa shape index (κ2) is 15.0. The number of para-hydroxylation sites is 2. The zero-order valence-corrected chi connectivity index (χ0v) is 21.5. The van der Waals surface area contributed by atoms with Crippen molar-refractivity contribution < 1.29 is 9.47 Å². The Labute approximate surface area is 213 Å². The maximum absolute atomic E-state index is 6.11. The van der Waals surface area contributed by atoms with Crippen molar-refractivity contribution in [3.8, 4) is 17.4 Å². The number of rotatable bonds is 11. The fourth-order valence-electron chi connectivity index (χ4n) is 2.97. The van der Waals surface area contributed by atoms with Gasteiger partial charge >= 0.3 is 0 Å². The molecular formula is C25H32IN5O2. The van der Waals surface area contributed by atoms with Gasteiger partial charge < -0.3 is 20.1 Å². The lowest BCUT2D eigenvalue weighted by Gasteiger charge is -2.14. The molecule has 2 heterocycles. The first-order valence-electron chi connectivity index (χ1n) is 11.1. The van der Waals surface area contributed by atoms with Crippen molar-refractivity contribution >= 4 is 29.9 Å². The molecule has 0 saturated heterocycles. The third-order valence-corrected chi connectivity index (χ3v) is 4.52. The van der Waals surface area contributed by atoms with Crippen molar-refractivity contribution in [1.82, 2.24) is 20.6 Å². The van der Waals surface area contributed by atoms with Crippen molar-refractivity contribution in [1.29, 1.82) is 0 Å². The van der Waals surface area contributed by atoms with E-state index in [0.717, 1.165) is 43.1 Å². The summed E-state index contributed by atoms with van der Waals surface area (Å²) in [7, 11) is 0. The molecule has 2 N–H and O–H groups in total. The Morgan fingerprint density at radius 3 is 2.45 bits per heavy atom. The molecule has 0 aliphatic carbocycles. The van der Waals surface area contributed by atoms with Crippen LogP contribution < -0.4 is 20.1 Å². The Morgan fingerprint density at radius 1 is 0.909 bits per heavy atom. The summed E-state index contributed by atoms with van der Waals surface area (Å²) in [6.07, 6.45) is 5.28. The third-order valence-electron chi connectivity index (χ3n) is 4.52. The second-order valence-corrected chi connectivity index (χ2v) is 7.06. The van der Waals surface area contributed by atoms with E-state index in [1.807, 2.05) is 67.7 Å². The van der Waals surface area contributed by atoms with Crippen LogP contribution in [0.5, 0.6) is 17.4 Å². The fraction of sp³-hybridized carbons (Fsp3) is 0.320. The van der Waals surface area contributed by atoms with Gasteiger partial charge in [-0.3, -0.25) is 4.98 Å². The average Bonchev–Trinajstić information content (AvgIpc) is 2.83. The van der Waals surface area contributed by atoms with Crippen LogP contribution in [0.25, 0.3) is 0 Å². The molecule has 3 rings (SSSR count). The predicted molar refractivity (Wildman–Crippen MR) is 143 cm³/mol. The van der Waals surface area contributed by atoms with E-state index in [0.29, 0.717) is 30.5 Å². The minimum Gasteiger partial charge on any atom is -0.490 e. The fourth-order valence-corrected chi connectivity index (χ4v) is 2.97. The van der Waals surface area contributed by atoms with Crippen LogP contribution in [-0.4, -0.2) is 35.6 Å². The van der Waals surface area contributed by atoms with Gasteiger partial charge in [0.2, 0.25) is 5.88 Å². The van der Waals surface area contributed by atoms with Crippen LogP contribution in [0.3, 0.4) is 0 Å². The van der Waals surface area contributed by atoms with Crippen LogP contribution >= 0.6 is 24.0 Å². The molecule has 1 aromatic carbocycles. The minimum atomic E-state index is 0. The third kappa shape index (κ3) is 8.88. The van der Waals surface area contributed by atoms with Crippen LogP contribution in [-0.2, 0) is 13.0 Å². The van der Waals surface area contributed by atoms with Gasteiger partial charge in [0.1, 0.15) is 0 Å².